The van der Waals surface area contributed by atoms with Gasteiger partial charge in [0.25, 0.3) is 0 Å². The van der Waals surface area contributed by atoms with E-state index in [2.05, 4.69) is 24.1 Å². The van der Waals surface area contributed by atoms with Crippen molar-refractivity contribution in [2.24, 2.45) is 5.92 Å². The van der Waals surface area contributed by atoms with Gasteiger partial charge in [-0.25, -0.2) is 0 Å². The van der Waals surface area contributed by atoms with Gasteiger partial charge in [0.2, 0.25) is 0 Å². The summed E-state index contributed by atoms with van der Waals surface area (Å²) in [6.45, 7) is 8.40. The van der Waals surface area contributed by atoms with Crippen LogP contribution in [0.5, 0.6) is 0 Å². The lowest BCUT2D eigenvalue weighted by molar-refractivity contribution is 0.106. The van der Waals surface area contributed by atoms with E-state index in [1.165, 1.54) is 45.2 Å². The van der Waals surface area contributed by atoms with Crippen molar-refractivity contribution in [1.29, 1.82) is 0 Å². The van der Waals surface area contributed by atoms with Crippen molar-refractivity contribution in [2.45, 2.75) is 58.0 Å². The van der Waals surface area contributed by atoms with Gasteiger partial charge in [0.1, 0.15) is 0 Å². The minimum absolute atomic E-state index is 0.771. The lowest BCUT2D eigenvalue weighted by atomic mass is 9.92. The second kappa shape index (κ2) is 5.31. The number of rotatable bonds is 3. The molecule has 0 radical (unpaired) electrons. The lowest BCUT2D eigenvalue weighted by Crippen LogP contribution is -2.50. The van der Waals surface area contributed by atoms with Gasteiger partial charge in [-0.05, 0) is 38.3 Å². The second-order valence-corrected chi connectivity index (χ2v) is 5.36. The van der Waals surface area contributed by atoms with E-state index in [1.807, 2.05) is 0 Å². The van der Waals surface area contributed by atoms with Crippen LogP contribution in [0.25, 0.3) is 0 Å². The van der Waals surface area contributed by atoms with Crippen LogP contribution in [0.2, 0.25) is 0 Å². The summed E-state index contributed by atoms with van der Waals surface area (Å²) < 4.78 is 0. The Morgan fingerprint density at radius 2 is 1.93 bits per heavy atom. The molecule has 2 atom stereocenters. The maximum atomic E-state index is 3.62. The zero-order chi connectivity index (χ0) is 10.7. The average Bonchev–Trinajstić information content (AvgIpc) is 2.74. The Morgan fingerprint density at radius 3 is 2.53 bits per heavy atom. The van der Waals surface area contributed by atoms with E-state index in [4.69, 9.17) is 0 Å². The first-order valence-corrected chi connectivity index (χ1v) is 6.78. The number of hydrogen-bond donors (Lipinski definition) is 1. The van der Waals surface area contributed by atoms with Crippen LogP contribution in [-0.2, 0) is 0 Å². The molecule has 0 bridgehead atoms. The van der Waals surface area contributed by atoms with Crippen molar-refractivity contribution in [3.05, 3.63) is 0 Å². The monoisotopic (exact) mass is 210 g/mol. The largest absolute Gasteiger partial charge is 0.314 e. The summed E-state index contributed by atoms with van der Waals surface area (Å²) >= 11 is 0. The van der Waals surface area contributed by atoms with Crippen molar-refractivity contribution >= 4 is 0 Å². The summed E-state index contributed by atoms with van der Waals surface area (Å²) in [5.74, 6) is 0.833. The summed E-state index contributed by atoms with van der Waals surface area (Å²) in [5, 5.41) is 3.62. The number of piperidine rings is 1. The molecule has 88 valence electrons. The van der Waals surface area contributed by atoms with Crippen molar-refractivity contribution in [3.63, 3.8) is 0 Å². The molecule has 1 aliphatic carbocycles. The number of likely N-dealkylation sites (tertiary alicyclic amines) is 1. The summed E-state index contributed by atoms with van der Waals surface area (Å²) in [4.78, 5) is 2.76. The molecular weight excluding hydrogens is 184 g/mol. The van der Waals surface area contributed by atoms with Gasteiger partial charge < -0.3 is 10.2 Å². The van der Waals surface area contributed by atoms with Gasteiger partial charge in [-0.1, -0.05) is 26.7 Å². The Kier molecular flexibility index (Phi) is 4.04. The first-order chi connectivity index (χ1) is 7.31. The van der Waals surface area contributed by atoms with Crippen LogP contribution in [0.4, 0.5) is 0 Å². The van der Waals surface area contributed by atoms with Gasteiger partial charge in [-0.3, -0.25) is 0 Å². The molecule has 2 aliphatic rings. The van der Waals surface area contributed by atoms with E-state index >= 15 is 0 Å². The van der Waals surface area contributed by atoms with Crippen LogP contribution < -0.4 is 5.32 Å². The van der Waals surface area contributed by atoms with E-state index in [1.54, 1.807) is 0 Å². The first-order valence-electron chi connectivity index (χ1n) is 6.78. The first kappa shape index (κ1) is 11.4. The Balaban J connectivity index is 1.81. The summed E-state index contributed by atoms with van der Waals surface area (Å²) in [7, 11) is 0. The molecule has 2 rings (SSSR count). The quantitative estimate of drug-likeness (QED) is 0.768. The summed E-state index contributed by atoms with van der Waals surface area (Å²) in [6, 6.07) is 1.70. The fourth-order valence-electron chi connectivity index (χ4n) is 3.34. The molecule has 2 heteroatoms. The van der Waals surface area contributed by atoms with E-state index < -0.39 is 0 Å². The topological polar surface area (TPSA) is 15.3 Å². The molecular formula is C13H26N2. The van der Waals surface area contributed by atoms with E-state index in [9.17, 15) is 0 Å². The molecule has 0 spiro atoms. The van der Waals surface area contributed by atoms with Crippen LogP contribution in [0, 0.1) is 5.92 Å². The maximum Gasteiger partial charge on any atom is 0.0117 e. The molecule has 1 N–H and O–H groups in total. The molecule has 2 unspecified atom stereocenters. The standard InChI is InChI=1S/C13H26N2/c1-3-14-13-8-9-15(10-11(13)2)12-6-4-5-7-12/h11-14H,3-10H2,1-2H3. The smallest absolute Gasteiger partial charge is 0.0117 e. The SMILES string of the molecule is CCNC1CCN(C2CCCC2)CC1C. The molecule has 2 nitrogen and oxygen atoms in total. The molecule has 1 aliphatic heterocycles. The molecule has 2 fully saturated rings. The van der Waals surface area contributed by atoms with Crippen LogP contribution >= 0.6 is 0 Å². The third-order valence-corrected chi connectivity index (χ3v) is 4.24. The summed E-state index contributed by atoms with van der Waals surface area (Å²) in [5.41, 5.74) is 0. The highest BCUT2D eigenvalue weighted by Crippen LogP contribution is 2.27. The Bertz CT molecular complexity index is 187. The van der Waals surface area contributed by atoms with Crippen molar-refractivity contribution < 1.29 is 0 Å². The molecule has 0 aromatic carbocycles. The molecule has 15 heavy (non-hydrogen) atoms. The van der Waals surface area contributed by atoms with Crippen LogP contribution in [0.1, 0.15) is 46.0 Å². The van der Waals surface area contributed by atoms with Gasteiger partial charge >= 0.3 is 0 Å². The third kappa shape index (κ3) is 2.73. The Labute approximate surface area is 94.4 Å². The fourth-order valence-corrected chi connectivity index (χ4v) is 3.34. The second-order valence-electron chi connectivity index (χ2n) is 5.36. The zero-order valence-corrected chi connectivity index (χ0v) is 10.3. The zero-order valence-electron chi connectivity index (χ0n) is 10.3. The number of nitrogens with zero attached hydrogens (tertiary/aromatic N) is 1. The van der Waals surface area contributed by atoms with E-state index in [0.717, 1.165) is 24.5 Å². The van der Waals surface area contributed by atoms with Crippen molar-refractivity contribution in [2.75, 3.05) is 19.6 Å². The lowest BCUT2D eigenvalue weighted by Gasteiger charge is -2.40. The van der Waals surface area contributed by atoms with Crippen LogP contribution in [0.15, 0.2) is 0 Å². The molecule has 1 saturated heterocycles. The van der Waals surface area contributed by atoms with Gasteiger partial charge in [0, 0.05) is 18.6 Å². The van der Waals surface area contributed by atoms with Crippen molar-refractivity contribution in [1.82, 2.24) is 10.2 Å². The summed E-state index contributed by atoms with van der Waals surface area (Å²) in [6.07, 6.45) is 7.20. The molecule has 0 amide bonds. The Morgan fingerprint density at radius 1 is 1.20 bits per heavy atom. The molecule has 1 saturated carbocycles. The molecule has 1 heterocycles. The average molecular weight is 210 g/mol. The predicted molar refractivity (Wildman–Crippen MR) is 65.1 cm³/mol. The van der Waals surface area contributed by atoms with Crippen LogP contribution in [-0.4, -0.2) is 36.6 Å². The fraction of sp³-hybridized carbons (Fsp3) is 1.00. The van der Waals surface area contributed by atoms with E-state index in [-0.39, 0.29) is 0 Å². The molecule has 0 aromatic rings. The normalized spacial score (nSPS) is 34.8. The third-order valence-electron chi connectivity index (χ3n) is 4.24. The minimum atomic E-state index is 0.771. The maximum absolute atomic E-state index is 3.62. The van der Waals surface area contributed by atoms with Gasteiger partial charge in [0.05, 0.1) is 0 Å². The van der Waals surface area contributed by atoms with Crippen LogP contribution in [0.3, 0.4) is 0 Å². The predicted octanol–water partition coefficient (Wildman–Crippen LogP) is 2.25. The molecule has 0 aromatic heterocycles. The van der Waals surface area contributed by atoms with Gasteiger partial charge in [-0.2, -0.15) is 0 Å². The highest BCUT2D eigenvalue weighted by molar-refractivity contribution is 4.87. The van der Waals surface area contributed by atoms with Crippen molar-refractivity contribution in [3.8, 4) is 0 Å². The van der Waals surface area contributed by atoms with E-state index in [0.29, 0.717) is 0 Å². The van der Waals surface area contributed by atoms with Gasteiger partial charge in [0.15, 0.2) is 0 Å². The number of nitrogens with one attached hydrogen (secondary N) is 1. The van der Waals surface area contributed by atoms with Gasteiger partial charge in [-0.15, -0.1) is 0 Å². The highest BCUT2D eigenvalue weighted by atomic mass is 15.2. The minimum Gasteiger partial charge on any atom is -0.314 e. The highest BCUT2D eigenvalue weighted by Gasteiger charge is 2.30. The Hall–Kier alpha value is -0.0800. The number of hydrogen-bond acceptors (Lipinski definition) is 2.